The van der Waals surface area contributed by atoms with Gasteiger partial charge in [0.1, 0.15) is 19.8 Å². The third-order valence-electron chi connectivity index (χ3n) is 9.72. The number of carbonyl (C=O) groups excluding carboxylic acids is 2. The van der Waals surface area contributed by atoms with Crippen molar-refractivity contribution < 1.29 is 47.2 Å². The van der Waals surface area contributed by atoms with Crippen LogP contribution in [0.3, 0.4) is 0 Å². The quantitative estimate of drug-likeness (QED) is 0.0209. The van der Waals surface area contributed by atoms with E-state index in [1.165, 1.54) is 57.8 Å². The van der Waals surface area contributed by atoms with Gasteiger partial charge in [-0.2, -0.15) is 0 Å². The van der Waals surface area contributed by atoms with Gasteiger partial charge in [0.15, 0.2) is 6.10 Å². The molecule has 3 atom stereocenters. The Morgan fingerprint density at radius 3 is 1.54 bits per heavy atom. The lowest BCUT2D eigenvalue weighted by Gasteiger charge is -2.28. The lowest BCUT2D eigenvalue weighted by molar-refractivity contribution is -0.870. The summed E-state index contributed by atoms with van der Waals surface area (Å²) >= 11 is 0. The van der Waals surface area contributed by atoms with Crippen molar-refractivity contribution in [3.63, 3.8) is 0 Å². The largest absolute Gasteiger partial charge is 0.756 e. The number of likely N-dealkylation sites (N-methyl/N-ethyl adjacent to an activating group) is 1. The molecule has 0 fully saturated rings. The number of quaternary nitrogens is 1. The van der Waals surface area contributed by atoms with Gasteiger partial charge in [0.25, 0.3) is 7.82 Å². The summed E-state index contributed by atoms with van der Waals surface area (Å²) in [5.74, 6) is -0.926. The van der Waals surface area contributed by atoms with Crippen molar-refractivity contribution in [3.8, 4) is 0 Å². The molecule has 61 heavy (non-hydrogen) atoms. The molecule has 0 bridgehead atoms. The second-order valence-electron chi connectivity index (χ2n) is 17.0. The number of hydrogen-bond donors (Lipinski definition) is 1. The average molecular weight is 878 g/mol. The van der Waals surface area contributed by atoms with E-state index in [1.807, 2.05) is 34.1 Å². The maximum absolute atomic E-state index is 12.7. The number of ether oxygens (including phenoxy) is 2. The molecule has 1 N–H and O–H groups in total. The van der Waals surface area contributed by atoms with E-state index >= 15 is 0 Å². The van der Waals surface area contributed by atoms with E-state index in [4.69, 9.17) is 18.5 Å². The molecule has 0 amide bonds. The molecule has 0 aromatic rings. The third-order valence-corrected chi connectivity index (χ3v) is 10.7. The van der Waals surface area contributed by atoms with Gasteiger partial charge >= 0.3 is 11.9 Å². The number of allylic oxidation sites excluding steroid dienone is 12. The lowest BCUT2D eigenvalue weighted by atomic mass is 10.1. The zero-order chi connectivity index (χ0) is 45.1. The normalized spacial score (nSPS) is 14.7. The topological polar surface area (TPSA) is 131 Å². The summed E-state index contributed by atoms with van der Waals surface area (Å²) < 4.78 is 33.9. The predicted octanol–water partition coefficient (Wildman–Crippen LogP) is 12.1. The summed E-state index contributed by atoms with van der Waals surface area (Å²) in [7, 11) is 1.10. The van der Waals surface area contributed by atoms with Crippen molar-refractivity contribution in [1.82, 2.24) is 0 Å². The highest BCUT2D eigenvalue weighted by molar-refractivity contribution is 7.45. The molecular formula is C50H88NO9P. The van der Waals surface area contributed by atoms with Crippen molar-refractivity contribution in [2.24, 2.45) is 0 Å². The molecular weight excluding hydrogens is 790 g/mol. The maximum Gasteiger partial charge on any atom is 0.306 e. The monoisotopic (exact) mass is 878 g/mol. The predicted molar refractivity (Wildman–Crippen MR) is 251 cm³/mol. The molecule has 0 aromatic heterocycles. The number of aliphatic hydroxyl groups is 1. The van der Waals surface area contributed by atoms with Crippen molar-refractivity contribution in [3.05, 3.63) is 72.9 Å². The van der Waals surface area contributed by atoms with Crippen LogP contribution in [0, 0.1) is 0 Å². The fraction of sp³-hybridized carbons (Fsp3) is 0.720. The Balaban J connectivity index is 4.41. The number of aliphatic hydroxyl groups excluding tert-OH is 1. The molecule has 0 radical (unpaired) electrons. The van der Waals surface area contributed by atoms with E-state index in [0.717, 1.165) is 70.6 Å². The minimum absolute atomic E-state index is 0.0488. The number of phosphoric ester groups is 1. The first kappa shape index (κ1) is 58.4. The number of esters is 2. The van der Waals surface area contributed by atoms with Gasteiger partial charge in [-0.25, -0.2) is 0 Å². The molecule has 0 heterocycles. The summed E-state index contributed by atoms with van der Waals surface area (Å²) in [5.41, 5.74) is 0. The zero-order valence-electron chi connectivity index (χ0n) is 39.2. The smallest absolute Gasteiger partial charge is 0.306 e. The molecule has 0 saturated heterocycles. The summed E-state index contributed by atoms with van der Waals surface area (Å²) in [6.45, 7) is 3.67. The van der Waals surface area contributed by atoms with Gasteiger partial charge in [-0.1, -0.05) is 138 Å². The van der Waals surface area contributed by atoms with Crippen LogP contribution in [0.15, 0.2) is 72.9 Å². The highest BCUT2D eigenvalue weighted by atomic mass is 31.2. The van der Waals surface area contributed by atoms with Crippen LogP contribution in [0.4, 0.5) is 0 Å². The second kappa shape index (κ2) is 41.4. The van der Waals surface area contributed by atoms with E-state index in [9.17, 15) is 24.2 Å². The van der Waals surface area contributed by atoms with Gasteiger partial charge in [0, 0.05) is 12.8 Å². The fourth-order valence-electron chi connectivity index (χ4n) is 5.99. The van der Waals surface area contributed by atoms with Crippen molar-refractivity contribution >= 4 is 19.8 Å². The van der Waals surface area contributed by atoms with Crippen LogP contribution in [0.2, 0.25) is 0 Å². The van der Waals surface area contributed by atoms with Crippen LogP contribution in [-0.2, 0) is 32.7 Å². The highest BCUT2D eigenvalue weighted by Gasteiger charge is 2.21. The molecule has 10 nitrogen and oxygen atoms in total. The molecule has 0 aliphatic rings. The maximum atomic E-state index is 12.7. The number of unbranched alkanes of at least 4 members (excludes halogenated alkanes) is 14. The molecule has 0 rings (SSSR count). The molecule has 0 aliphatic carbocycles. The highest BCUT2D eigenvalue weighted by Crippen LogP contribution is 2.38. The van der Waals surface area contributed by atoms with Gasteiger partial charge in [0.2, 0.25) is 0 Å². The molecule has 0 aromatic carbocycles. The molecule has 0 aliphatic heterocycles. The van der Waals surface area contributed by atoms with E-state index in [-0.39, 0.29) is 32.2 Å². The molecule has 352 valence electrons. The number of carbonyl (C=O) groups is 2. The first-order chi connectivity index (χ1) is 29.3. The molecule has 11 heteroatoms. The summed E-state index contributed by atoms with van der Waals surface area (Å²) in [4.78, 5) is 37.6. The minimum atomic E-state index is -4.65. The molecule has 1 unspecified atom stereocenters. The SMILES string of the molecule is CCCCC/C=C\C/C=C\CCCCCCCCCCCC(=O)O[C@H](COC(=O)CCC/C=C\C/C=C\C/C=C\C/C=C\CCC[C@@H](C)O)COP(=O)([O-])OCC[N+](C)(C)C. The van der Waals surface area contributed by atoms with Crippen LogP contribution < -0.4 is 4.89 Å². The number of phosphoric acid groups is 1. The van der Waals surface area contributed by atoms with E-state index in [1.54, 1.807) is 0 Å². The van der Waals surface area contributed by atoms with Crippen LogP contribution in [0.1, 0.15) is 174 Å². The Morgan fingerprint density at radius 2 is 1.03 bits per heavy atom. The first-order valence-corrected chi connectivity index (χ1v) is 25.1. The number of rotatable bonds is 42. The van der Waals surface area contributed by atoms with Crippen LogP contribution in [0.25, 0.3) is 0 Å². The van der Waals surface area contributed by atoms with E-state index < -0.39 is 32.5 Å². The fourth-order valence-corrected chi connectivity index (χ4v) is 6.72. The third kappa shape index (κ3) is 46.7. The zero-order valence-corrected chi connectivity index (χ0v) is 40.1. The summed E-state index contributed by atoms with van der Waals surface area (Å²) in [6.07, 6.45) is 49.2. The van der Waals surface area contributed by atoms with Gasteiger partial charge in [-0.05, 0) is 96.8 Å². The first-order valence-electron chi connectivity index (χ1n) is 23.7. The lowest BCUT2D eigenvalue weighted by Crippen LogP contribution is -2.37. The van der Waals surface area contributed by atoms with Crippen molar-refractivity contribution in [2.75, 3.05) is 47.5 Å². The Bertz CT molecular complexity index is 1280. The van der Waals surface area contributed by atoms with Gasteiger partial charge in [0.05, 0.1) is 33.9 Å². The number of hydrogen-bond acceptors (Lipinski definition) is 9. The standard InChI is InChI=1S/C50H88NO9P/c1-6-7-8-9-10-11-12-13-14-15-16-17-20-24-27-30-33-36-39-42-50(54)60-48(46-59-61(55,56)58-44-43-51(3,4)5)45-57-49(53)41-38-35-32-29-26-23-21-18-19-22-25-28-31-34-37-40-47(2)52/h10-11,13-14,19,21-23,28-29,31-32,47-48,52H,6-9,12,15-18,20,24-27,30,33-46H2,1-5H3/b11-10-,14-13-,22-19-,23-21-,31-28-,32-29-/t47-,48-/m1/s1. The molecule has 0 spiro atoms. The average Bonchev–Trinajstić information content (AvgIpc) is 3.20. The second-order valence-corrected chi connectivity index (χ2v) is 18.5. The Morgan fingerprint density at radius 1 is 0.590 bits per heavy atom. The Hall–Kier alpha value is -2.59. The number of nitrogens with zero attached hydrogens (tertiary/aromatic N) is 1. The Labute approximate surface area is 372 Å². The van der Waals surface area contributed by atoms with Crippen molar-refractivity contribution in [2.45, 2.75) is 187 Å². The van der Waals surface area contributed by atoms with Crippen molar-refractivity contribution in [1.29, 1.82) is 0 Å². The summed E-state index contributed by atoms with van der Waals surface area (Å²) in [6, 6.07) is 0. The minimum Gasteiger partial charge on any atom is -0.756 e. The van der Waals surface area contributed by atoms with Crippen LogP contribution in [-0.4, -0.2) is 81.2 Å². The van der Waals surface area contributed by atoms with Crippen LogP contribution >= 0.6 is 7.82 Å². The van der Waals surface area contributed by atoms with Gasteiger partial charge in [-0.15, -0.1) is 0 Å². The van der Waals surface area contributed by atoms with Gasteiger partial charge in [-0.3, -0.25) is 14.2 Å². The summed E-state index contributed by atoms with van der Waals surface area (Å²) in [5, 5.41) is 9.28. The molecule has 0 saturated carbocycles. The van der Waals surface area contributed by atoms with E-state index in [0.29, 0.717) is 30.3 Å². The Kier molecular flexibility index (Phi) is 39.7. The van der Waals surface area contributed by atoms with Gasteiger partial charge < -0.3 is 33.0 Å². The van der Waals surface area contributed by atoms with E-state index in [2.05, 4.69) is 73.8 Å². The van der Waals surface area contributed by atoms with Crippen LogP contribution in [0.5, 0.6) is 0 Å².